The molecule has 3 aromatic carbocycles. The van der Waals surface area contributed by atoms with E-state index < -0.39 is 24.3 Å². The number of aliphatic hydroxyl groups is 1. The van der Waals surface area contributed by atoms with Gasteiger partial charge in [-0.15, -0.1) is 0 Å². The van der Waals surface area contributed by atoms with Crippen molar-refractivity contribution < 1.29 is 29.3 Å². The van der Waals surface area contributed by atoms with Gasteiger partial charge in [-0.3, -0.25) is 4.79 Å². The van der Waals surface area contributed by atoms with Crippen molar-refractivity contribution in [2.24, 2.45) is 0 Å². The molecule has 0 saturated heterocycles. The van der Waals surface area contributed by atoms with Gasteiger partial charge in [0.1, 0.15) is 30.3 Å². The summed E-state index contributed by atoms with van der Waals surface area (Å²) >= 11 is 0. The van der Waals surface area contributed by atoms with Gasteiger partial charge in [-0.1, -0.05) is 66.7 Å². The van der Waals surface area contributed by atoms with E-state index in [-0.39, 0.29) is 30.3 Å². The van der Waals surface area contributed by atoms with Gasteiger partial charge in [0.25, 0.3) is 0 Å². The van der Waals surface area contributed by atoms with Crippen molar-refractivity contribution in [3.63, 3.8) is 0 Å². The maximum atomic E-state index is 12.8. The average Bonchev–Trinajstić information content (AvgIpc) is 2.77. The lowest BCUT2D eigenvalue weighted by Crippen LogP contribution is -2.23. The molecule has 154 valence electrons. The highest BCUT2D eigenvalue weighted by atomic mass is 16.5. The van der Waals surface area contributed by atoms with E-state index in [1.54, 1.807) is 18.2 Å². The Morgan fingerprint density at radius 1 is 0.733 bits per heavy atom. The molecule has 6 heteroatoms. The molecule has 3 aromatic rings. The smallest absolute Gasteiger partial charge is 0.332 e. The second-order valence-electron chi connectivity index (χ2n) is 6.66. The highest BCUT2D eigenvalue weighted by Gasteiger charge is 2.25. The zero-order valence-corrected chi connectivity index (χ0v) is 16.2. The van der Waals surface area contributed by atoms with Crippen LogP contribution in [-0.2, 0) is 18.0 Å². The number of hydrogen-bond acceptors (Lipinski definition) is 5. The Morgan fingerprint density at radius 2 is 1.20 bits per heavy atom. The molecule has 0 amide bonds. The van der Waals surface area contributed by atoms with E-state index in [1.807, 2.05) is 60.7 Å². The van der Waals surface area contributed by atoms with Gasteiger partial charge >= 0.3 is 5.97 Å². The number of rotatable bonds is 10. The molecule has 0 heterocycles. The van der Waals surface area contributed by atoms with Crippen molar-refractivity contribution in [2.75, 3.05) is 0 Å². The largest absolute Gasteiger partial charge is 0.488 e. The summed E-state index contributed by atoms with van der Waals surface area (Å²) in [5.74, 6) is -1.49. The van der Waals surface area contributed by atoms with E-state index in [9.17, 15) is 14.7 Å². The number of hydrogen-bond donors (Lipinski definition) is 2. The predicted octanol–water partition coefficient (Wildman–Crippen LogP) is 3.86. The van der Waals surface area contributed by atoms with Crippen molar-refractivity contribution in [2.45, 2.75) is 25.7 Å². The minimum absolute atomic E-state index is 0.115. The molecular weight excluding hydrogens is 384 g/mol. The number of carboxylic acids is 1. The van der Waals surface area contributed by atoms with Gasteiger partial charge in [-0.25, -0.2) is 4.79 Å². The first-order valence-corrected chi connectivity index (χ1v) is 9.45. The van der Waals surface area contributed by atoms with Gasteiger partial charge in [0.05, 0.1) is 0 Å². The normalized spacial score (nSPS) is 11.5. The van der Waals surface area contributed by atoms with Crippen LogP contribution in [0.3, 0.4) is 0 Å². The van der Waals surface area contributed by atoms with Crippen molar-refractivity contribution >= 4 is 11.8 Å². The van der Waals surface area contributed by atoms with Crippen LogP contribution in [-0.4, -0.2) is 28.1 Å². The molecule has 0 radical (unpaired) electrons. The molecule has 6 nitrogen and oxygen atoms in total. The van der Waals surface area contributed by atoms with Gasteiger partial charge < -0.3 is 19.7 Å². The monoisotopic (exact) mass is 406 g/mol. The summed E-state index contributed by atoms with van der Waals surface area (Å²) in [7, 11) is 0. The average molecular weight is 406 g/mol. The van der Waals surface area contributed by atoms with E-state index in [0.29, 0.717) is 0 Å². The third-order valence-electron chi connectivity index (χ3n) is 4.40. The summed E-state index contributed by atoms with van der Waals surface area (Å²) in [6, 6.07) is 23.8. The topological polar surface area (TPSA) is 93.1 Å². The van der Waals surface area contributed by atoms with Crippen LogP contribution in [0.25, 0.3) is 0 Å². The summed E-state index contributed by atoms with van der Waals surface area (Å²) in [6.07, 6.45) is -2.38. The number of aliphatic hydroxyl groups excluding tert-OH is 1. The maximum Gasteiger partial charge on any atom is 0.332 e. The first-order valence-electron chi connectivity index (χ1n) is 9.45. The Kier molecular flexibility index (Phi) is 7.19. The molecular formula is C24H22O6. The van der Waals surface area contributed by atoms with Crippen molar-refractivity contribution in [3.05, 3.63) is 95.6 Å². The molecule has 3 rings (SSSR count). The number of ether oxygens (including phenoxy) is 2. The number of ketones is 1. The van der Waals surface area contributed by atoms with E-state index in [4.69, 9.17) is 14.6 Å². The van der Waals surface area contributed by atoms with Crippen LogP contribution in [0, 0.1) is 0 Å². The molecule has 1 atom stereocenters. The molecule has 0 fully saturated rings. The Hall–Kier alpha value is -3.64. The van der Waals surface area contributed by atoms with Gasteiger partial charge in [-0.05, 0) is 23.3 Å². The number of Topliss-reactive ketones (excluding diaryl/α,β-unsaturated/α-hetero) is 1. The Bertz CT molecular complexity index is 923. The van der Waals surface area contributed by atoms with Crippen LogP contribution >= 0.6 is 0 Å². The predicted molar refractivity (Wildman–Crippen MR) is 111 cm³/mol. The molecule has 1 unspecified atom stereocenters. The maximum absolute atomic E-state index is 12.8. The van der Waals surface area contributed by atoms with E-state index >= 15 is 0 Å². The summed E-state index contributed by atoms with van der Waals surface area (Å²) in [5, 5.41) is 18.6. The van der Waals surface area contributed by atoms with Crippen molar-refractivity contribution in [1.82, 2.24) is 0 Å². The summed E-state index contributed by atoms with van der Waals surface area (Å²) in [5.41, 5.74) is 1.94. The molecule has 0 bridgehead atoms. The van der Waals surface area contributed by atoms with Gasteiger partial charge in [0.2, 0.25) is 0 Å². The zero-order valence-electron chi connectivity index (χ0n) is 16.2. The Morgan fingerprint density at radius 3 is 1.63 bits per heavy atom. The van der Waals surface area contributed by atoms with Crippen LogP contribution in [0.1, 0.15) is 27.9 Å². The summed E-state index contributed by atoms with van der Waals surface area (Å²) in [6.45, 7) is 0.454. The fourth-order valence-electron chi connectivity index (χ4n) is 2.86. The van der Waals surface area contributed by atoms with E-state index in [1.165, 1.54) is 0 Å². The molecule has 0 saturated carbocycles. The van der Waals surface area contributed by atoms with E-state index in [2.05, 4.69) is 0 Å². The van der Waals surface area contributed by atoms with Gasteiger partial charge in [0.15, 0.2) is 11.9 Å². The minimum Gasteiger partial charge on any atom is -0.488 e. The molecule has 0 aromatic heterocycles. The van der Waals surface area contributed by atoms with Crippen molar-refractivity contribution in [3.8, 4) is 11.5 Å². The summed E-state index contributed by atoms with van der Waals surface area (Å²) in [4.78, 5) is 23.8. The lowest BCUT2D eigenvalue weighted by atomic mass is 10.0. The highest BCUT2D eigenvalue weighted by molar-refractivity contribution is 6.03. The van der Waals surface area contributed by atoms with Crippen LogP contribution < -0.4 is 9.47 Å². The van der Waals surface area contributed by atoms with Crippen LogP contribution in [0.2, 0.25) is 0 Å². The fraction of sp³-hybridized carbons (Fsp3) is 0.167. The molecule has 0 aliphatic rings. The Labute approximate surface area is 174 Å². The lowest BCUT2D eigenvalue weighted by Gasteiger charge is -2.16. The second kappa shape index (κ2) is 10.2. The van der Waals surface area contributed by atoms with Gasteiger partial charge in [0, 0.05) is 6.42 Å². The molecule has 30 heavy (non-hydrogen) atoms. The zero-order chi connectivity index (χ0) is 21.3. The molecule has 0 spiro atoms. The fourth-order valence-corrected chi connectivity index (χ4v) is 2.86. The lowest BCUT2D eigenvalue weighted by molar-refractivity contribution is -0.146. The Balaban J connectivity index is 1.86. The quantitative estimate of drug-likeness (QED) is 0.497. The molecule has 0 aliphatic carbocycles. The second-order valence-corrected chi connectivity index (χ2v) is 6.66. The number of carbonyl (C=O) groups is 2. The van der Waals surface area contributed by atoms with Crippen molar-refractivity contribution in [1.29, 1.82) is 0 Å². The van der Waals surface area contributed by atoms with E-state index in [0.717, 1.165) is 11.1 Å². The highest BCUT2D eigenvalue weighted by Crippen LogP contribution is 2.31. The number of carboxylic acid groups (broad SMARTS) is 1. The SMILES string of the molecule is O=C(CC(O)C(=O)O)c1c(OCc2ccccc2)cccc1OCc1ccccc1. The van der Waals surface area contributed by atoms with Crippen LogP contribution in [0.15, 0.2) is 78.9 Å². The number of benzene rings is 3. The molecule has 2 N–H and O–H groups in total. The minimum atomic E-state index is -1.80. The first-order chi connectivity index (χ1) is 14.5. The van der Waals surface area contributed by atoms with Crippen LogP contribution in [0.4, 0.5) is 0 Å². The summed E-state index contributed by atoms with van der Waals surface area (Å²) < 4.78 is 11.7. The third-order valence-corrected chi connectivity index (χ3v) is 4.40. The van der Waals surface area contributed by atoms with Crippen LogP contribution in [0.5, 0.6) is 11.5 Å². The molecule has 0 aliphatic heterocycles. The number of aliphatic carboxylic acids is 1. The third kappa shape index (κ3) is 5.68. The first kappa shape index (κ1) is 21.1. The number of carbonyl (C=O) groups excluding carboxylic acids is 1. The van der Waals surface area contributed by atoms with Gasteiger partial charge in [-0.2, -0.15) is 0 Å². The standard InChI is InChI=1S/C24H22O6/c25-19(14-20(26)24(27)28)23-21(29-15-17-8-3-1-4-9-17)12-7-13-22(23)30-16-18-10-5-2-6-11-18/h1-13,20,26H,14-16H2,(H,27,28).